The van der Waals surface area contributed by atoms with Gasteiger partial charge in [0.05, 0.1) is 7.11 Å². The first-order valence-electron chi connectivity index (χ1n) is 3.80. The second kappa shape index (κ2) is 6.08. The van der Waals surface area contributed by atoms with E-state index < -0.39 is 0 Å². The molecule has 0 heterocycles. The first-order valence-corrected chi connectivity index (χ1v) is 4.18. The van der Waals surface area contributed by atoms with Gasteiger partial charge in [-0.3, -0.25) is 0 Å². The molecule has 1 aromatic rings. The molecule has 0 spiro atoms. The van der Waals surface area contributed by atoms with Crippen molar-refractivity contribution >= 4 is 24.0 Å². The van der Waals surface area contributed by atoms with Gasteiger partial charge in [0.2, 0.25) is 0 Å². The average molecular weight is 222 g/mol. The van der Waals surface area contributed by atoms with Crippen molar-refractivity contribution in [3.8, 4) is 5.75 Å². The number of rotatable bonds is 3. The predicted octanol–water partition coefficient (Wildman–Crippen LogP) is 2.27. The highest BCUT2D eigenvalue weighted by atomic mass is 35.5. The van der Waals surface area contributed by atoms with Gasteiger partial charge < -0.3 is 10.5 Å². The third-order valence-electron chi connectivity index (χ3n) is 1.66. The zero-order valence-electron chi connectivity index (χ0n) is 7.42. The van der Waals surface area contributed by atoms with Crippen LogP contribution in [-0.4, -0.2) is 13.7 Å². The third kappa shape index (κ3) is 3.43. The van der Waals surface area contributed by atoms with E-state index in [9.17, 15) is 0 Å². The zero-order valence-corrected chi connectivity index (χ0v) is 8.99. The fourth-order valence-electron chi connectivity index (χ4n) is 1.08. The molecular weight excluding hydrogens is 209 g/mol. The van der Waals surface area contributed by atoms with E-state index >= 15 is 0 Å². The van der Waals surface area contributed by atoms with E-state index in [-0.39, 0.29) is 12.4 Å². The number of nitrogens with two attached hydrogens (primary N) is 1. The van der Waals surface area contributed by atoms with Crippen LogP contribution >= 0.6 is 24.0 Å². The molecule has 0 radical (unpaired) electrons. The molecule has 0 aliphatic heterocycles. The quantitative estimate of drug-likeness (QED) is 0.851. The van der Waals surface area contributed by atoms with Gasteiger partial charge in [0.15, 0.2) is 0 Å². The highest BCUT2D eigenvalue weighted by molar-refractivity contribution is 6.30. The van der Waals surface area contributed by atoms with Crippen LogP contribution < -0.4 is 10.5 Å². The van der Waals surface area contributed by atoms with E-state index in [0.717, 1.165) is 17.7 Å². The summed E-state index contributed by atoms with van der Waals surface area (Å²) < 4.78 is 5.14. The SMILES string of the molecule is COc1cc(Cl)ccc1CCN.Cl. The van der Waals surface area contributed by atoms with Crippen molar-refractivity contribution in [1.29, 1.82) is 0 Å². The maximum absolute atomic E-state index is 5.78. The van der Waals surface area contributed by atoms with Crippen molar-refractivity contribution in [1.82, 2.24) is 0 Å². The van der Waals surface area contributed by atoms with Crippen LogP contribution in [0.2, 0.25) is 5.02 Å². The lowest BCUT2D eigenvalue weighted by atomic mass is 10.1. The molecule has 2 nitrogen and oxygen atoms in total. The van der Waals surface area contributed by atoms with Gasteiger partial charge in [-0.15, -0.1) is 12.4 Å². The van der Waals surface area contributed by atoms with Gasteiger partial charge in [0.1, 0.15) is 5.75 Å². The Labute approximate surface area is 89.4 Å². The van der Waals surface area contributed by atoms with Crippen LogP contribution in [0.15, 0.2) is 18.2 Å². The van der Waals surface area contributed by atoms with Crippen molar-refractivity contribution in [2.45, 2.75) is 6.42 Å². The fraction of sp³-hybridized carbons (Fsp3) is 0.333. The summed E-state index contributed by atoms with van der Waals surface area (Å²) >= 11 is 5.78. The molecule has 0 aromatic heterocycles. The monoisotopic (exact) mass is 221 g/mol. The summed E-state index contributed by atoms with van der Waals surface area (Å²) in [6.07, 6.45) is 0.820. The van der Waals surface area contributed by atoms with Gasteiger partial charge in [-0.2, -0.15) is 0 Å². The predicted molar refractivity (Wildman–Crippen MR) is 58.0 cm³/mol. The smallest absolute Gasteiger partial charge is 0.123 e. The molecule has 0 aliphatic carbocycles. The largest absolute Gasteiger partial charge is 0.496 e. The summed E-state index contributed by atoms with van der Waals surface area (Å²) in [4.78, 5) is 0. The highest BCUT2D eigenvalue weighted by Gasteiger charge is 2.01. The Kier molecular flexibility index (Phi) is 5.88. The average Bonchev–Trinajstić information content (AvgIpc) is 2.08. The van der Waals surface area contributed by atoms with Crippen LogP contribution in [-0.2, 0) is 6.42 Å². The maximum atomic E-state index is 5.78. The molecule has 0 atom stereocenters. The van der Waals surface area contributed by atoms with E-state index in [0.29, 0.717) is 11.6 Å². The van der Waals surface area contributed by atoms with Crippen molar-refractivity contribution in [3.63, 3.8) is 0 Å². The second-order valence-corrected chi connectivity index (χ2v) is 2.93. The number of benzene rings is 1. The van der Waals surface area contributed by atoms with Crippen molar-refractivity contribution in [3.05, 3.63) is 28.8 Å². The van der Waals surface area contributed by atoms with Gasteiger partial charge in [0, 0.05) is 5.02 Å². The Morgan fingerprint density at radius 1 is 1.46 bits per heavy atom. The highest BCUT2D eigenvalue weighted by Crippen LogP contribution is 2.22. The maximum Gasteiger partial charge on any atom is 0.123 e. The second-order valence-electron chi connectivity index (χ2n) is 2.49. The topological polar surface area (TPSA) is 35.2 Å². The van der Waals surface area contributed by atoms with Crippen molar-refractivity contribution in [2.24, 2.45) is 5.73 Å². The molecule has 2 N–H and O–H groups in total. The lowest BCUT2D eigenvalue weighted by Crippen LogP contribution is -2.04. The molecule has 1 aromatic carbocycles. The molecule has 74 valence electrons. The Morgan fingerprint density at radius 2 is 2.15 bits per heavy atom. The lowest BCUT2D eigenvalue weighted by molar-refractivity contribution is 0.410. The number of hydrogen-bond acceptors (Lipinski definition) is 2. The van der Waals surface area contributed by atoms with Crippen LogP contribution in [0.5, 0.6) is 5.75 Å². The zero-order chi connectivity index (χ0) is 8.97. The van der Waals surface area contributed by atoms with E-state index in [4.69, 9.17) is 22.1 Å². The molecule has 4 heteroatoms. The first-order chi connectivity index (χ1) is 5.77. The Balaban J connectivity index is 0.00000144. The molecule has 1 rings (SSSR count). The third-order valence-corrected chi connectivity index (χ3v) is 1.90. The van der Waals surface area contributed by atoms with Crippen LogP contribution in [0.4, 0.5) is 0 Å². The molecule has 13 heavy (non-hydrogen) atoms. The van der Waals surface area contributed by atoms with Crippen LogP contribution in [0.3, 0.4) is 0 Å². The molecule has 0 saturated carbocycles. The summed E-state index contributed by atoms with van der Waals surface area (Å²) in [5.41, 5.74) is 6.53. The van der Waals surface area contributed by atoms with Gasteiger partial charge in [-0.05, 0) is 30.7 Å². The van der Waals surface area contributed by atoms with Crippen molar-refractivity contribution in [2.75, 3.05) is 13.7 Å². The molecule has 0 bridgehead atoms. The van der Waals surface area contributed by atoms with Crippen LogP contribution in [0, 0.1) is 0 Å². The van der Waals surface area contributed by atoms with E-state index in [1.807, 2.05) is 12.1 Å². The fourth-order valence-corrected chi connectivity index (χ4v) is 1.24. The standard InChI is InChI=1S/C9H12ClNO.ClH/c1-12-9-6-8(10)3-2-7(9)4-5-11;/h2-3,6H,4-5,11H2,1H3;1H. The Bertz CT molecular complexity index is 266. The minimum atomic E-state index is 0. The van der Waals surface area contributed by atoms with Crippen LogP contribution in [0.1, 0.15) is 5.56 Å². The molecule has 0 amide bonds. The summed E-state index contributed by atoms with van der Waals surface area (Å²) in [5.74, 6) is 0.813. The van der Waals surface area contributed by atoms with E-state index in [1.165, 1.54) is 0 Å². The molecular formula is C9H13Cl2NO. The summed E-state index contributed by atoms with van der Waals surface area (Å²) in [6, 6.07) is 5.58. The summed E-state index contributed by atoms with van der Waals surface area (Å²) in [7, 11) is 1.63. The van der Waals surface area contributed by atoms with Gasteiger partial charge in [-0.1, -0.05) is 17.7 Å². The number of halogens is 2. The van der Waals surface area contributed by atoms with Crippen molar-refractivity contribution < 1.29 is 4.74 Å². The molecule has 0 aliphatic rings. The van der Waals surface area contributed by atoms with Gasteiger partial charge in [-0.25, -0.2) is 0 Å². The lowest BCUT2D eigenvalue weighted by Gasteiger charge is -2.06. The minimum Gasteiger partial charge on any atom is -0.496 e. The van der Waals surface area contributed by atoms with E-state index in [1.54, 1.807) is 13.2 Å². The summed E-state index contributed by atoms with van der Waals surface area (Å²) in [5, 5.41) is 0.688. The van der Waals surface area contributed by atoms with Gasteiger partial charge >= 0.3 is 0 Å². The molecule has 0 saturated heterocycles. The van der Waals surface area contributed by atoms with E-state index in [2.05, 4.69) is 0 Å². The van der Waals surface area contributed by atoms with Gasteiger partial charge in [0.25, 0.3) is 0 Å². The Hall–Kier alpha value is -0.440. The Morgan fingerprint density at radius 3 is 2.69 bits per heavy atom. The summed E-state index contributed by atoms with van der Waals surface area (Å²) in [6.45, 7) is 0.623. The number of methoxy groups -OCH3 is 1. The minimum absolute atomic E-state index is 0. The molecule has 0 unspecified atom stereocenters. The number of ether oxygens (including phenoxy) is 1. The molecule has 0 fully saturated rings. The first kappa shape index (κ1) is 12.6. The number of hydrogen-bond donors (Lipinski definition) is 1. The van der Waals surface area contributed by atoms with Crippen LogP contribution in [0.25, 0.3) is 0 Å². The normalized spacial score (nSPS) is 9.15.